The Morgan fingerprint density at radius 3 is 3.07 bits per heavy atom. The highest BCUT2D eigenvalue weighted by molar-refractivity contribution is 7.10. The minimum absolute atomic E-state index is 0.134. The molecular weight excluding hydrogens is 355 g/mol. The maximum atomic E-state index is 12.1. The predicted octanol–water partition coefficient (Wildman–Crippen LogP) is 5.45. The van der Waals surface area contributed by atoms with Crippen molar-refractivity contribution in [1.82, 2.24) is 0 Å². The predicted molar refractivity (Wildman–Crippen MR) is 111 cm³/mol. The molecule has 0 N–H and O–H groups in total. The molecule has 27 heavy (non-hydrogen) atoms. The highest BCUT2D eigenvalue weighted by atomic mass is 31.0. The summed E-state index contributed by atoms with van der Waals surface area (Å²) in [5.41, 5.74) is 4.35. The van der Waals surface area contributed by atoms with Gasteiger partial charge < -0.3 is 9.26 Å². The molecule has 3 aliphatic carbocycles. The number of carbonyl (C=O) groups is 1. The Labute approximate surface area is 166 Å². The molecule has 0 radical (unpaired) electrons. The van der Waals surface area contributed by atoms with Gasteiger partial charge >= 0.3 is 5.97 Å². The van der Waals surface area contributed by atoms with Gasteiger partial charge in [-0.2, -0.15) is 0 Å². The van der Waals surface area contributed by atoms with Gasteiger partial charge in [0.15, 0.2) is 0 Å². The molecule has 0 heterocycles. The summed E-state index contributed by atoms with van der Waals surface area (Å²) in [6.07, 6.45) is 7.41. The molecule has 0 bridgehead atoms. The molecule has 2 fully saturated rings. The van der Waals surface area contributed by atoms with Crippen molar-refractivity contribution >= 4 is 15.4 Å². The third-order valence-corrected chi connectivity index (χ3v) is 7.83. The summed E-state index contributed by atoms with van der Waals surface area (Å²) < 4.78 is 18.0. The number of hydrogen-bond donors (Lipinski definition) is 0. The first-order chi connectivity index (χ1) is 13.5. The molecule has 5 unspecified atom stereocenters. The lowest BCUT2D eigenvalue weighted by Gasteiger charge is -2.52. The first-order valence-electron chi connectivity index (χ1n) is 10.8. The Kier molecular flexibility index (Phi) is 4.76. The third-order valence-electron chi connectivity index (χ3n) is 7.59. The van der Waals surface area contributed by atoms with Crippen LogP contribution in [0.1, 0.15) is 63.5 Å². The van der Waals surface area contributed by atoms with Crippen molar-refractivity contribution < 1.29 is 14.1 Å². The summed E-state index contributed by atoms with van der Waals surface area (Å²) in [7, 11) is -0.260. The zero-order valence-corrected chi connectivity index (χ0v) is 17.6. The van der Waals surface area contributed by atoms with E-state index >= 15 is 0 Å². The Bertz CT molecular complexity index is 792. The molecular formula is C23H31O3P. The van der Waals surface area contributed by atoms with Crippen molar-refractivity contribution in [3.63, 3.8) is 0 Å². The van der Waals surface area contributed by atoms with E-state index in [1.807, 2.05) is 13.0 Å². The normalized spacial score (nSPS) is 36.9. The molecule has 1 aromatic rings. The molecule has 0 aromatic heterocycles. The van der Waals surface area contributed by atoms with Crippen LogP contribution in [-0.4, -0.2) is 13.9 Å². The molecule has 0 aliphatic heterocycles. The standard InChI is InChI=1S/C23H31O3P/c1-4-25-21(24)13-16-5-8-20-22-14(2)11-15-12-17(26-27)6-7-18(15)19(22)9-10-23(16,20)3/h6-7,12-14,19-20,22H,4-5,8-11,27H2,1-3H3/b16-13+/t14-,19?,20?,22?,23?/m1/s1/i27T/t14-,19?,20?,22?,23?,27?. The van der Waals surface area contributed by atoms with E-state index in [0.29, 0.717) is 30.3 Å². The highest BCUT2D eigenvalue weighted by Crippen LogP contribution is 2.63. The minimum Gasteiger partial charge on any atom is -0.480 e. The molecule has 4 heteroatoms. The van der Waals surface area contributed by atoms with E-state index in [2.05, 4.69) is 26.0 Å². The number of carbonyl (C=O) groups excluding carboxylic acids is 1. The maximum Gasteiger partial charge on any atom is 0.330 e. The van der Waals surface area contributed by atoms with Gasteiger partial charge in [0, 0.05) is 6.08 Å². The van der Waals surface area contributed by atoms with Gasteiger partial charge in [0.25, 0.3) is 0 Å². The Hall–Kier alpha value is -1.34. The first-order valence-corrected chi connectivity index (χ1v) is 10.7. The fraction of sp³-hybridized carbons (Fsp3) is 0.609. The average Bonchev–Trinajstić information content (AvgIpc) is 2.98. The molecule has 4 rings (SSSR count). The number of fused-ring (bicyclic) bond motifs is 5. The van der Waals surface area contributed by atoms with Crippen LogP contribution in [0, 0.1) is 23.2 Å². The van der Waals surface area contributed by atoms with Crippen molar-refractivity contribution in [2.75, 3.05) is 6.61 Å². The monoisotopic (exact) mass is 388 g/mol. The van der Waals surface area contributed by atoms with Gasteiger partial charge in [-0.25, -0.2) is 4.79 Å². The van der Waals surface area contributed by atoms with Crippen LogP contribution >= 0.6 is 9.41 Å². The van der Waals surface area contributed by atoms with Gasteiger partial charge in [0.2, 0.25) is 0 Å². The zero-order valence-electron chi connectivity index (χ0n) is 17.6. The smallest absolute Gasteiger partial charge is 0.330 e. The summed E-state index contributed by atoms with van der Waals surface area (Å²) in [5.74, 6) is 3.19. The molecule has 3 nitrogen and oxygen atoms in total. The number of ether oxygens (including phenoxy) is 1. The largest absolute Gasteiger partial charge is 0.480 e. The first kappa shape index (κ1) is 17.7. The SMILES string of the molecule is [3H]POc1ccc2c(c1)C[C@@H](C)C1C2CCC2(C)/C(=C/C(=O)OCC)CCC12. The second-order valence-electron chi connectivity index (χ2n) is 8.85. The summed E-state index contributed by atoms with van der Waals surface area (Å²) in [4.78, 5) is 12.1. The van der Waals surface area contributed by atoms with Crippen LogP contribution < -0.4 is 4.52 Å². The molecule has 3 aliphatic rings. The lowest BCUT2D eigenvalue weighted by Crippen LogP contribution is -2.43. The lowest BCUT2D eigenvalue weighted by atomic mass is 9.52. The van der Waals surface area contributed by atoms with E-state index in [9.17, 15) is 4.79 Å². The van der Waals surface area contributed by atoms with Gasteiger partial charge in [-0.1, -0.05) is 25.5 Å². The van der Waals surface area contributed by atoms with Crippen molar-refractivity contribution in [3.8, 4) is 5.75 Å². The van der Waals surface area contributed by atoms with E-state index in [1.54, 1.807) is 6.08 Å². The van der Waals surface area contributed by atoms with E-state index in [1.165, 1.54) is 29.5 Å². The zero-order chi connectivity index (χ0) is 19.9. The average molecular weight is 388 g/mol. The summed E-state index contributed by atoms with van der Waals surface area (Å²) in [6, 6.07) is 6.46. The van der Waals surface area contributed by atoms with Crippen LogP contribution in [0.3, 0.4) is 0 Å². The molecule has 2 saturated carbocycles. The van der Waals surface area contributed by atoms with Crippen LogP contribution in [0.5, 0.6) is 5.75 Å². The highest BCUT2D eigenvalue weighted by Gasteiger charge is 2.54. The number of esters is 1. The van der Waals surface area contributed by atoms with Gasteiger partial charge in [-0.15, -0.1) is 0 Å². The van der Waals surface area contributed by atoms with Crippen LogP contribution in [0.4, 0.5) is 0 Å². The topological polar surface area (TPSA) is 35.5 Å². The quantitative estimate of drug-likeness (QED) is 0.391. The number of allylic oxidation sites excluding steroid dienone is 1. The fourth-order valence-corrected chi connectivity index (χ4v) is 6.56. The van der Waals surface area contributed by atoms with Crippen molar-refractivity contribution in [3.05, 3.63) is 41.0 Å². The molecule has 146 valence electrons. The van der Waals surface area contributed by atoms with Gasteiger partial charge in [0.05, 0.1) is 17.3 Å². The van der Waals surface area contributed by atoms with Crippen LogP contribution in [0.2, 0.25) is 0 Å². The number of benzene rings is 1. The van der Waals surface area contributed by atoms with E-state index < -0.39 is 0 Å². The van der Waals surface area contributed by atoms with E-state index in [0.717, 1.165) is 25.0 Å². The molecule has 0 spiro atoms. The van der Waals surface area contributed by atoms with Gasteiger partial charge in [-0.3, -0.25) is 0 Å². The van der Waals surface area contributed by atoms with Crippen molar-refractivity contribution in [2.24, 2.45) is 23.2 Å². The van der Waals surface area contributed by atoms with Crippen LogP contribution in [-0.2, 0) is 16.0 Å². The van der Waals surface area contributed by atoms with Crippen LogP contribution in [0.25, 0.3) is 0 Å². The summed E-state index contributed by atoms with van der Waals surface area (Å²) in [6.45, 7) is 7.09. The number of rotatable bonds is 4. The number of hydrogen-bond acceptors (Lipinski definition) is 3. The van der Waals surface area contributed by atoms with Gasteiger partial charge in [-0.05, 0) is 91.4 Å². The Morgan fingerprint density at radius 1 is 1.44 bits per heavy atom. The van der Waals surface area contributed by atoms with E-state index in [-0.39, 0.29) is 20.8 Å². The maximum absolute atomic E-state index is 12.1. The second kappa shape index (κ2) is 7.24. The molecule has 6 atom stereocenters. The third kappa shape index (κ3) is 3.12. The van der Waals surface area contributed by atoms with Crippen LogP contribution in [0.15, 0.2) is 29.8 Å². The Morgan fingerprint density at radius 2 is 2.30 bits per heavy atom. The second-order valence-corrected chi connectivity index (χ2v) is 9.05. The lowest BCUT2D eigenvalue weighted by molar-refractivity contribution is -0.137. The summed E-state index contributed by atoms with van der Waals surface area (Å²) in [5, 5.41) is 0. The molecule has 0 amide bonds. The van der Waals surface area contributed by atoms with Crippen molar-refractivity contribution in [2.45, 2.75) is 58.8 Å². The molecule has 1 aromatic carbocycles. The minimum atomic E-state index is -0.260. The fourth-order valence-electron chi connectivity index (χ4n) is 6.43. The Balaban J connectivity index is 1.63. The van der Waals surface area contributed by atoms with Gasteiger partial charge in [0.1, 0.15) is 5.75 Å². The van der Waals surface area contributed by atoms with E-state index in [4.69, 9.17) is 10.5 Å². The molecule has 0 saturated heterocycles. The summed E-state index contributed by atoms with van der Waals surface area (Å²) >= 11 is 0. The van der Waals surface area contributed by atoms with Crippen molar-refractivity contribution in [1.29, 1.82) is 1.28 Å².